The van der Waals surface area contributed by atoms with E-state index in [0.29, 0.717) is 23.5 Å². The maximum absolute atomic E-state index is 12.0. The van der Waals surface area contributed by atoms with Crippen molar-refractivity contribution in [2.45, 2.75) is 33.4 Å². The number of rotatable bonds is 5. The molecule has 0 spiro atoms. The third-order valence-corrected chi connectivity index (χ3v) is 3.62. The summed E-state index contributed by atoms with van der Waals surface area (Å²) in [5, 5.41) is 16.9. The number of benzene rings is 1. The van der Waals surface area contributed by atoms with Gasteiger partial charge in [-0.25, -0.2) is 4.79 Å². The quantitative estimate of drug-likeness (QED) is 0.660. The van der Waals surface area contributed by atoms with E-state index in [0.717, 1.165) is 11.4 Å². The first-order valence-corrected chi connectivity index (χ1v) is 8.01. The monoisotopic (exact) mass is 340 g/mol. The fourth-order valence-corrected chi connectivity index (χ4v) is 2.35. The Kier molecular flexibility index (Phi) is 4.60. The second kappa shape index (κ2) is 6.84. The summed E-state index contributed by atoms with van der Waals surface area (Å²) in [6.45, 7) is 6.05. The molecule has 0 N–H and O–H groups in total. The van der Waals surface area contributed by atoms with Gasteiger partial charge in [0.1, 0.15) is 6.54 Å². The number of carbonyl (C=O) groups is 1. The molecule has 0 atom stereocenters. The van der Waals surface area contributed by atoms with E-state index in [-0.39, 0.29) is 12.1 Å². The molecule has 2 heterocycles. The van der Waals surface area contributed by atoms with Crippen molar-refractivity contribution in [2.75, 3.05) is 0 Å². The molecule has 3 aromatic rings. The van der Waals surface area contributed by atoms with Crippen LogP contribution in [-0.2, 0) is 18.3 Å². The van der Waals surface area contributed by atoms with E-state index in [9.17, 15) is 4.79 Å². The van der Waals surface area contributed by atoms with Crippen LogP contribution in [0.4, 0.5) is 0 Å². The molecule has 0 amide bonds. The predicted molar refractivity (Wildman–Crippen MR) is 90.9 cm³/mol. The lowest BCUT2D eigenvalue weighted by Gasteiger charge is -2.08. The number of hydrogen-bond donors (Lipinski definition) is 0. The minimum atomic E-state index is -0.367. The third-order valence-electron chi connectivity index (χ3n) is 3.62. The molecule has 8 heteroatoms. The Morgan fingerprint density at radius 1 is 1.24 bits per heavy atom. The molecule has 2 aromatic heterocycles. The Labute approximate surface area is 145 Å². The fraction of sp³-hybridized carbons (Fsp3) is 0.353. The normalized spacial score (nSPS) is 11.1. The number of hydrogen-bond acceptors (Lipinski definition) is 6. The number of ether oxygens (including phenoxy) is 1. The number of aromatic nitrogens is 6. The van der Waals surface area contributed by atoms with Crippen molar-refractivity contribution in [1.29, 1.82) is 0 Å². The van der Waals surface area contributed by atoms with Crippen molar-refractivity contribution in [2.24, 2.45) is 7.05 Å². The zero-order valence-electron chi connectivity index (χ0n) is 14.7. The van der Waals surface area contributed by atoms with Gasteiger partial charge in [0, 0.05) is 18.3 Å². The van der Waals surface area contributed by atoms with Crippen molar-refractivity contribution in [3.05, 3.63) is 47.3 Å². The first-order valence-electron chi connectivity index (χ1n) is 8.01. The summed E-state index contributed by atoms with van der Waals surface area (Å²) in [6.07, 6.45) is -0.169. The van der Waals surface area contributed by atoms with Crippen LogP contribution in [0.15, 0.2) is 30.3 Å². The van der Waals surface area contributed by atoms with Gasteiger partial charge < -0.3 is 4.74 Å². The molecule has 25 heavy (non-hydrogen) atoms. The Hall–Kier alpha value is -3.03. The van der Waals surface area contributed by atoms with Crippen LogP contribution < -0.4 is 0 Å². The summed E-state index contributed by atoms with van der Waals surface area (Å²) in [6, 6.07) is 8.99. The molecule has 1 aromatic carbocycles. The number of nitrogens with zero attached hydrogens (tertiary/aromatic N) is 6. The maximum Gasteiger partial charge on any atom is 0.338 e. The summed E-state index contributed by atoms with van der Waals surface area (Å²) >= 11 is 0. The molecule has 0 saturated heterocycles. The molecule has 130 valence electrons. The highest BCUT2D eigenvalue weighted by atomic mass is 16.5. The topological polar surface area (TPSA) is 87.7 Å². The van der Waals surface area contributed by atoms with E-state index >= 15 is 0 Å². The third kappa shape index (κ3) is 3.90. The zero-order chi connectivity index (χ0) is 18.0. The Bertz CT molecular complexity index is 877. The van der Waals surface area contributed by atoms with E-state index in [2.05, 4.69) is 20.5 Å². The molecular weight excluding hydrogens is 320 g/mol. The predicted octanol–water partition coefficient (Wildman–Crippen LogP) is 2.00. The lowest BCUT2D eigenvalue weighted by molar-refractivity contribution is 0.0378. The van der Waals surface area contributed by atoms with Gasteiger partial charge in [0.25, 0.3) is 0 Å². The minimum absolute atomic E-state index is 0.169. The van der Waals surface area contributed by atoms with Crippen LogP contribution in [-0.4, -0.2) is 42.1 Å². The van der Waals surface area contributed by atoms with Crippen LogP contribution in [0.2, 0.25) is 0 Å². The molecule has 0 bridgehead atoms. The highest BCUT2D eigenvalue weighted by Gasteiger charge is 2.13. The average molecular weight is 340 g/mol. The lowest BCUT2D eigenvalue weighted by Crippen LogP contribution is -2.11. The van der Waals surface area contributed by atoms with Crippen molar-refractivity contribution >= 4 is 5.97 Å². The fourth-order valence-electron chi connectivity index (χ4n) is 2.35. The summed E-state index contributed by atoms with van der Waals surface area (Å²) in [5.41, 5.74) is 3.09. The molecule has 0 aliphatic heterocycles. The Morgan fingerprint density at radius 2 is 2.04 bits per heavy atom. The molecule has 0 aliphatic carbocycles. The van der Waals surface area contributed by atoms with Crippen molar-refractivity contribution < 1.29 is 9.53 Å². The molecule has 0 unspecified atom stereocenters. The summed E-state index contributed by atoms with van der Waals surface area (Å²) in [4.78, 5) is 13.5. The van der Waals surface area contributed by atoms with Crippen LogP contribution >= 0.6 is 0 Å². The van der Waals surface area contributed by atoms with Crippen molar-refractivity contribution in [1.82, 2.24) is 30.0 Å². The molecular formula is C17H20N6O2. The zero-order valence-corrected chi connectivity index (χ0v) is 14.7. The average Bonchev–Trinajstić information content (AvgIpc) is 3.14. The van der Waals surface area contributed by atoms with Crippen LogP contribution in [0.1, 0.15) is 35.6 Å². The number of esters is 1. The maximum atomic E-state index is 12.0. The molecule has 8 nitrogen and oxygen atoms in total. The van der Waals surface area contributed by atoms with E-state index in [1.54, 1.807) is 22.9 Å². The van der Waals surface area contributed by atoms with Gasteiger partial charge in [0.05, 0.1) is 17.4 Å². The summed E-state index contributed by atoms with van der Waals surface area (Å²) in [5.74, 6) is 0.0834. The van der Waals surface area contributed by atoms with Gasteiger partial charge in [-0.3, -0.25) is 4.68 Å². The van der Waals surface area contributed by atoms with Gasteiger partial charge >= 0.3 is 5.97 Å². The highest BCUT2D eigenvalue weighted by Crippen LogP contribution is 2.17. The van der Waals surface area contributed by atoms with E-state index in [4.69, 9.17) is 4.74 Å². The van der Waals surface area contributed by atoms with Crippen LogP contribution in [0.25, 0.3) is 11.4 Å². The SMILES string of the molecule is Cc1cc(Cn2nnc(-c3cccc(C(=O)OC(C)C)c3)n2)nn1C. The van der Waals surface area contributed by atoms with Crippen LogP contribution in [0, 0.1) is 6.92 Å². The van der Waals surface area contributed by atoms with Gasteiger partial charge in [-0.2, -0.15) is 9.90 Å². The van der Waals surface area contributed by atoms with E-state index < -0.39 is 0 Å². The van der Waals surface area contributed by atoms with Crippen molar-refractivity contribution in [3.8, 4) is 11.4 Å². The number of aryl methyl sites for hydroxylation is 2. The van der Waals surface area contributed by atoms with Crippen LogP contribution in [0.3, 0.4) is 0 Å². The highest BCUT2D eigenvalue weighted by molar-refractivity contribution is 5.90. The van der Waals surface area contributed by atoms with E-state index in [1.165, 1.54) is 4.80 Å². The minimum Gasteiger partial charge on any atom is -0.459 e. The molecule has 0 fully saturated rings. The van der Waals surface area contributed by atoms with Gasteiger partial charge in [-0.05, 0) is 44.2 Å². The summed E-state index contributed by atoms with van der Waals surface area (Å²) in [7, 11) is 1.89. The largest absolute Gasteiger partial charge is 0.459 e. The van der Waals surface area contributed by atoms with Gasteiger partial charge in [0.15, 0.2) is 0 Å². The number of carbonyl (C=O) groups excluding carboxylic acids is 1. The lowest BCUT2D eigenvalue weighted by atomic mass is 10.1. The van der Waals surface area contributed by atoms with Gasteiger partial charge in [-0.15, -0.1) is 10.2 Å². The van der Waals surface area contributed by atoms with Crippen LogP contribution in [0.5, 0.6) is 0 Å². The molecule has 3 rings (SSSR count). The second-order valence-electron chi connectivity index (χ2n) is 6.08. The Balaban J connectivity index is 1.79. The first kappa shape index (κ1) is 16.8. The van der Waals surface area contributed by atoms with Gasteiger partial charge in [0.2, 0.25) is 5.82 Å². The molecule has 0 radical (unpaired) electrons. The number of tetrazole rings is 1. The first-order chi connectivity index (χ1) is 11.9. The van der Waals surface area contributed by atoms with Gasteiger partial charge in [-0.1, -0.05) is 12.1 Å². The van der Waals surface area contributed by atoms with Crippen molar-refractivity contribution in [3.63, 3.8) is 0 Å². The Morgan fingerprint density at radius 3 is 2.72 bits per heavy atom. The molecule has 0 saturated carbocycles. The summed E-state index contributed by atoms with van der Waals surface area (Å²) < 4.78 is 7.02. The second-order valence-corrected chi connectivity index (χ2v) is 6.08. The standard InChI is InChI=1S/C17H20N6O2/c1-11(2)25-17(24)14-7-5-6-13(9-14)16-18-21-23(20-16)10-15-8-12(3)22(4)19-15/h5-9,11H,10H2,1-4H3. The van der Waals surface area contributed by atoms with E-state index in [1.807, 2.05) is 40.0 Å². The smallest absolute Gasteiger partial charge is 0.338 e. The molecule has 0 aliphatic rings.